The number of anilines is 1. The summed E-state index contributed by atoms with van der Waals surface area (Å²) in [5.74, 6) is 1.72. The van der Waals surface area contributed by atoms with E-state index >= 15 is 0 Å². The van der Waals surface area contributed by atoms with Gasteiger partial charge in [0.15, 0.2) is 5.16 Å². The van der Waals surface area contributed by atoms with Crippen LogP contribution in [0, 0.1) is 6.92 Å². The van der Waals surface area contributed by atoms with E-state index < -0.39 is 0 Å². The zero-order chi connectivity index (χ0) is 24.8. The molecule has 0 radical (unpaired) electrons. The maximum Gasteiger partial charge on any atom is 0.253 e. The molecule has 0 spiro atoms. The molecule has 0 atom stereocenters. The van der Waals surface area contributed by atoms with Crippen molar-refractivity contribution in [2.24, 2.45) is 0 Å². The molecule has 2 aromatic carbocycles. The number of hydrogen-bond donors (Lipinski definition) is 0. The van der Waals surface area contributed by atoms with E-state index in [0.717, 1.165) is 53.7 Å². The van der Waals surface area contributed by atoms with Gasteiger partial charge in [0, 0.05) is 49.8 Å². The quantitative estimate of drug-likeness (QED) is 0.332. The molecule has 7 heteroatoms. The summed E-state index contributed by atoms with van der Waals surface area (Å²) < 4.78 is 0. The molecule has 0 N–H and O–H groups in total. The van der Waals surface area contributed by atoms with Gasteiger partial charge in [-0.3, -0.25) is 4.79 Å². The van der Waals surface area contributed by atoms with Gasteiger partial charge in [-0.05, 0) is 63.2 Å². The normalized spacial score (nSPS) is 14.6. The van der Waals surface area contributed by atoms with Gasteiger partial charge < -0.3 is 14.7 Å². The van der Waals surface area contributed by atoms with E-state index in [4.69, 9.17) is 4.98 Å². The lowest BCUT2D eigenvalue weighted by Crippen LogP contribution is -2.42. The molecule has 1 saturated heterocycles. The molecule has 6 nitrogen and oxygen atoms in total. The molecule has 1 aromatic heterocycles. The Morgan fingerprint density at radius 2 is 1.71 bits per heavy atom. The van der Waals surface area contributed by atoms with Crippen LogP contribution in [0.1, 0.15) is 40.0 Å². The molecule has 1 aliphatic heterocycles. The van der Waals surface area contributed by atoms with Gasteiger partial charge in [-0.15, -0.1) is 0 Å². The second kappa shape index (κ2) is 11.7. The van der Waals surface area contributed by atoms with Crippen LogP contribution in [0.5, 0.6) is 0 Å². The fourth-order valence-corrected chi connectivity index (χ4v) is 5.27. The Morgan fingerprint density at radius 1 is 1.00 bits per heavy atom. The minimum atomic E-state index is 0.0227. The Bertz CT molecular complexity index is 1130. The summed E-state index contributed by atoms with van der Waals surface area (Å²) in [7, 11) is 6.18. The van der Waals surface area contributed by atoms with Crippen LogP contribution in [0.2, 0.25) is 0 Å². The standard InChI is InChI=1S/C28H35N5OS/c1-21-17-26(33(4)25-13-15-31(2)16-14-25)30-28(29-21)35-20-23-11-8-12-24(18-23)27(34)32(3)19-22-9-6-5-7-10-22/h5-12,17-18,25H,13-16,19-20H2,1-4H3. The van der Waals surface area contributed by atoms with Crippen LogP contribution < -0.4 is 4.90 Å². The lowest BCUT2D eigenvalue weighted by Gasteiger charge is -2.35. The van der Waals surface area contributed by atoms with Crippen molar-refractivity contribution < 1.29 is 4.79 Å². The molecule has 35 heavy (non-hydrogen) atoms. The molecule has 0 aliphatic carbocycles. The first kappa shape index (κ1) is 25.2. The summed E-state index contributed by atoms with van der Waals surface area (Å²) >= 11 is 1.62. The second-order valence-corrected chi connectivity index (χ2v) is 10.4. The van der Waals surface area contributed by atoms with Crippen LogP contribution in [0.3, 0.4) is 0 Å². The van der Waals surface area contributed by atoms with Crippen LogP contribution in [0.15, 0.2) is 65.8 Å². The number of aromatic nitrogens is 2. The van der Waals surface area contributed by atoms with Crippen LogP contribution >= 0.6 is 11.8 Å². The van der Waals surface area contributed by atoms with Crippen molar-refractivity contribution in [2.75, 3.05) is 39.1 Å². The number of benzene rings is 2. The first-order valence-corrected chi connectivity index (χ1v) is 13.2. The fraction of sp³-hybridized carbons (Fsp3) is 0.393. The zero-order valence-electron chi connectivity index (χ0n) is 21.1. The number of thioether (sulfide) groups is 1. The van der Waals surface area contributed by atoms with Gasteiger partial charge >= 0.3 is 0 Å². The number of amides is 1. The lowest BCUT2D eigenvalue weighted by atomic mass is 10.0. The van der Waals surface area contributed by atoms with E-state index in [2.05, 4.69) is 41.0 Å². The first-order chi connectivity index (χ1) is 16.9. The first-order valence-electron chi connectivity index (χ1n) is 12.2. The average Bonchev–Trinajstić information content (AvgIpc) is 2.87. The number of likely N-dealkylation sites (tertiary alicyclic amines) is 1. The largest absolute Gasteiger partial charge is 0.356 e. The van der Waals surface area contributed by atoms with Gasteiger partial charge in [-0.2, -0.15) is 0 Å². The third-order valence-electron chi connectivity index (χ3n) is 6.57. The molecule has 1 fully saturated rings. The van der Waals surface area contributed by atoms with Crippen LogP contribution in [-0.4, -0.2) is 65.9 Å². The topological polar surface area (TPSA) is 52.6 Å². The number of aryl methyl sites for hydroxylation is 1. The third kappa shape index (κ3) is 6.83. The highest BCUT2D eigenvalue weighted by Crippen LogP contribution is 2.26. The number of rotatable bonds is 8. The molecule has 184 valence electrons. The summed E-state index contributed by atoms with van der Waals surface area (Å²) in [6, 6.07) is 20.5. The summed E-state index contributed by atoms with van der Waals surface area (Å²) in [5, 5.41) is 0.776. The Balaban J connectivity index is 1.40. The Kier molecular flexibility index (Phi) is 8.42. The van der Waals surface area contributed by atoms with Crippen molar-refractivity contribution in [2.45, 2.75) is 43.3 Å². The zero-order valence-corrected chi connectivity index (χ0v) is 22.0. The maximum absolute atomic E-state index is 13.0. The number of hydrogen-bond acceptors (Lipinski definition) is 6. The van der Waals surface area contributed by atoms with E-state index in [1.807, 2.05) is 62.5 Å². The number of piperidine rings is 1. The van der Waals surface area contributed by atoms with E-state index in [-0.39, 0.29) is 5.91 Å². The van der Waals surface area contributed by atoms with E-state index in [9.17, 15) is 4.79 Å². The SMILES string of the molecule is Cc1cc(N(C)C2CCN(C)CC2)nc(SCc2cccc(C(=O)N(C)Cc3ccccc3)c2)n1. The Hall–Kier alpha value is -2.90. The van der Waals surface area contributed by atoms with E-state index in [0.29, 0.717) is 23.9 Å². The average molecular weight is 490 g/mol. The number of nitrogens with zero attached hydrogens (tertiary/aromatic N) is 5. The summed E-state index contributed by atoms with van der Waals surface area (Å²) in [5.41, 5.74) is 3.88. The van der Waals surface area contributed by atoms with Crippen molar-refractivity contribution >= 4 is 23.5 Å². The highest BCUT2D eigenvalue weighted by atomic mass is 32.2. The highest BCUT2D eigenvalue weighted by molar-refractivity contribution is 7.98. The molecule has 0 bridgehead atoms. The number of carbonyl (C=O) groups is 1. The van der Waals surface area contributed by atoms with E-state index in [1.54, 1.807) is 16.7 Å². The predicted molar refractivity (Wildman–Crippen MR) is 144 cm³/mol. The van der Waals surface area contributed by atoms with Gasteiger partial charge in [0.05, 0.1) is 0 Å². The third-order valence-corrected chi connectivity index (χ3v) is 7.49. The Morgan fingerprint density at radius 3 is 2.46 bits per heavy atom. The van der Waals surface area contributed by atoms with Crippen LogP contribution in [0.4, 0.5) is 5.82 Å². The molecule has 1 aliphatic rings. The van der Waals surface area contributed by atoms with Gasteiger partial charge in [-0.25, -0.2) is 9.97 Å². The maximum atomic E-state index is 13.0. The fourth-order valence-electron chi connectivity index (χ4n) is 4.43. The molecule has 1 amide bonds. The summed E-state index contributed by atoms with van der Waals surface area (Å²) in [6.07, 6.45) is 2.30. The number of carbonyl (C=O) groups excluding carboxylic acids is 1. The minimum Gasteiger partial charge on any atom is -0.356 e. The van der Waals surface area contributed by atoms with Gasteiger partial charge in [-0.1, -0.05) is 54.2 Å². The van der Waals surface area contributed by atoms with Gasteiger partial charge in [0.1, 0.15) is 5.82 Å². The predicted octanol–water partition coefficient (Wildman–Crippen LogP) is 4.88. The Labute approximate surface area is 213 Å². The molecular formula is C28H35N5OS. The van der Waals surface area contributed by atoms with Crippen molar-refractivity contribution in [3.05, 3.63) is 83.0 Å². The van der Waals surface area contributed by atoms with Gasteiger partial charge in [0.25, 0.3) is 5.91 Å². The second-order valence-electron chi connectivity index (χ2n) is 9.43. The molecule has 2 heterocycles. The molecule has 4 rings (SSSR count). The van der Waals surface area contributed by atoms with Crippen molar-refractivity contribution in [3.8, 4) is 0 Å². The molecule has 3 aromatic rings. The highest BCUT2D eigenvalue weighted by Gasteiger charge is 2.22. The molecular weight excluding hydrogens is 454 g/mol. The smallest absolute Gasteiger partial charge is 0.253 e. The van der Waals surface area contributed by atoms with E-state index in [1.165, 1.54) is 0 Å². The monoisotopic (exact) mass is 489 g/mol. The van der Waals surface area contributed by atoms with Crippen molar-refractivity contribution in [1.29, 1.82) is 0 Å². The van der Waals surface area contributed by atoms with Crippen LogP contribution in [0.25, 0.3) is 0 Å². The van der Waals surface area contributed by atoms with Crippen molar-refractivity contribution in [3.63, 3.8) is 0 Å². The summed E-state index contributed by atoms with van der Waals surface area (Å²) in [6.45, 7) is 4.86. The van der Waals surface area contributed by atoms with Crippen molar-refractivity contribution in [1.82, 2.24) is 19.8 Å². The molecule has 0 saturated carbocycles. The van der Waals surface area contributed by atoms with Crippen LogP contribution in [-0.2, 0) is 12.3 Å². The summed E-state index contributed by atoms with van der Waals surface area (Å²) in [4.78, 5) is 29.0. The van der Waals surface area contributed by atoms with Gasteiger partial charge in [0.2, 0.25) is 0 Å². The minimum absolute atomic E-state index is 0.0227. The molecule has 0 unspecified atom stereocenters. The lowest BCUT2D eigenvalue weighted by molar-refractivity contribution is 0.0785.